The Morgan fingerprint density at radius 3 is 2.69 bits per heavy atom. The van der Waals surface area contributed by atoms with Crippen molar-refractivity contribution in [3.63, 3.8) is 0 Å². The van der Waals surface area contributed by atoms with E-state index in [4.69, 9.17) is 0 Å². The van der Waals surface area contributed by atoms with E-state index in [9.17, 15) is 9.90 Å². The standard InChI is InChI=1S/C22H30N4O2S/c1-5-25(6-2)14-7-8-15(17(27)11-14)20-23-21(28)19-16-9-10-26(13(3)4)12-18(16)29-22(19)24-20/h7-8,11,13,20,24,27H,5-6,9-10,12H2,1-4H3,(H,23,28)/p+1/t20-/m0/s1. The average molecular weight is 416 g/mol. The van der Waals surface area contributed by atoms with E-state index >= 15 is 0 Å². The van der Waals surface area contributed by atoms with Crippen molar-refractivity contribution in [3.05, 3.63) is 39.8 Å². The molecule has 156 valence electrons. The lowest BCUT2D eigenvalue weighted by molar-refractivity contribution is -0.936. The van der Waals surface area contributed by atoms with Crippen LogP contribution >= 0.6 is 11.3 Å². The summed E-state index contributed by atoms with van der Waals surface area (Å²) in [6.07, 6.45) is 0.521. The number of benzene rings is 1. The number of rotatable bonds is 5. The van der Waals surface area contributed by atoms with Crippen LogP contribution in [0.5, 0.6) is 5.75 Å². The van der Waals surface area contributed by atoms with Gasteiger partial charge in [-0.25, -0.2) is 0 Å². The van der Waals surface area contributed by atoms with Gasteiger partial charge in [0.25, 0.3) is 5.91 Å². The Kier molecular flexibility index (Phi) is 5.44. The molecule has 0 fully saturated rings. The van der Waals surface area contributed by atoms with Crippen LogP contribution in [0.4, 0.5) is 10.7 Å². The summed E-state index contributed by atoms with van der Waals surface area (Å²) in [5, 5.41) is 18.1. The number of aromatic hydroxyl groups is 1. The van der Waals surface area contributed by atoms with Crippen LogP contribution in [-0.4, -0.2) is 36.7 Å². The molecule has 4 rings (SSSR count). The molecule has 2 aliphatic heterocycles. The van der Waals surface area contributed by atoms with Gasteiger partial charge in [0.05, 0.1) is 23.0 Å². The average Bonchev–Trinajstić information content (AvgIpc) is 3.07. The van der Waals surface area contributed by atoms with Crippen molar-refractivity contribution in [3.8, 4) is 5.75 Å². The maximum Gasteiger partial charge on any atom is 0.256 e. The molecule has 0 spiro atoms. The fourth-order valence-electron chi connectivity index (χ4n) is 4.42. The highest BCUT2D eigenvalue weighted by Gasteiger charge is 2.35. The number of hydrogen-bond acceptors (Lipinski definition) is 5. The van der Waals surface area contributed by atoms with Gasteiger partial charge in [0.1, 0.15) is 23.5 Å². The van der Waals surface area contributed by atoms with Crippen LogP contribution in [0.3, 0.4) is 0 Å². The van der Waals surface area contributed by atoms with Crippen LogP contribution in [0.15, 0.2) is 18.2 Å². The largest absolute Gasteiger partial charge is 0.507 e. The van der Waals surface area contributed by atoms with Crippen molar-refractivity contribution in [1.82, 2.24) is 5.32 Å². The maximum atomic E-state index is 13.0. The van der Waals surface area contributed by atoms with Gasteiger partial charge in [-0.05, 0) is 45.4 Å². The number of carbonyl (C=O) groups is 1. The number of fused-ring (bicyclic) bond motifs is 3. The van der Waals surface area contributed by atoms with Crippen molar-refractivity contribution < 1.29 is 14.8 Å². The smallest absolute Gasteiger partial charge is 0.256 e. The van der Waals surface area contributed by atoms with Gasteiger partial charge < -0.3 is 25.5 Å². The SMILES string of the molecule is CCN(CC)c1ccc([C@H]2NC(=O)c3c(sc4c3CC[NH+](C(C)C)C4)N2)c(O)c1. The van der Waals surface area contributed by atoms with Crippen LogP contribution in [0.1, 0.15) is 60.2 Å². The van der Waals surface area contributed by atoms with Gasteiger partial charge in [0, 0.05) is 36.8 Å². The zero-order valence-corrected chi connectivity index (χ0v) is 18.4. The third kappa shape index (κ3) is 3.57. The van der Waals surface area contributed by atoms with E-state index in [0.717, 1.165) is 48.9 Å². The highest BCUT2D eigenvalue weighted by Crippen LogP contribution is 2.40. The fraction of sp³-hybridized carbons (Fsp3) is 0.500. The first-order chi connectivity index (χ1) is 13.9. The van der Waals surface area contributed by atoms with Gasteiger partial charge in [0.2, 0.25) is 0 Å². The number of nitrogens with one attached hydrogen (secondary N) is 3. The Morgan fingerprint density at radius 2 is 2.03 bits per heavy atom. The molecule has 29 heavy (non-hydrogen) atoms. The highest BCUT2D eigenvalue weighted by molar-refractivity contribution is 7.16. The molecule has 4 N–H and O–H groups in total. The lowest BCUT2D eigenvalue weighted by Gasteiger charge is -2.29. The Morgan fingerprint density at radius 1 is 1.28 bits per heavy atom. The van der Waals surface area contributed by atoms with Crippen LogP contribution in [-0.2, 0) is 13.0 Å². The molecule has 2 aromatic rings. The second kappa shape index (κ2) is 7.88. The zero-order chi connectivity index (χ0) is 20.7. The molecule has 7 heteroatoms. The number of anilines is 2. The molecule has 1 aromatic carbocycles. The molecule has 3 heterocycles. The number of quaternary nitrogens is 1. The van der Waals surface area contributed by atoms with Crippen molar-refractivity contribution in [1.29, 1.82) is 0 Å². The van der Waals surface area contributed by atoms with Gasteiger partial charge in [0.15, 0.2) is 0 Å². The molecule has 6 nitrogen and oxygen atoms in total. The molecule has 2 atom stereocenters. The molecule has 1 unspecified atom stereocenters. The third-order valence-electron chi connectivity index (χ3n) is 6.22. The Hall–Kier alpha value is -2.25. The van der Waals surface area contributed by atoms with E-state index in [1.807, 2.05) is 12.1 Å². The van der Waals surface area contributed by atoms with Crippen molar-refractivity contribution in [2.24, 2.45) is 0 Å². The monoisotopic (exact) mass is 415 g/mol. The van der Waals surface area contributed by atoms with Crippen molar-refractivity contribution in [2.45, 2.75) is 52.9 Å². The molecular weight excluding hydrogens is 384 g/mol. The minimum Gasteiger partial charge on any atom is -0.507 e. The summed E-state index contributed by atoms with van der Waals surface area (Å²) < 4.78 is 0. The second-order valence-corrected chi connectivity index (χ2v) is 9.27. The van der Waals surface area contributed by atoms with Crippen LogP contribution in [0, 0.1) is 0 Å². The van der Waals surface area contributed by atoms with E-state index in [2.05, 4.69) is 43.2 Å². The Labute approximate surface area is 176 Å². The van der Waals surface area contributed by atoms with E-state index in [-0.39, 0.29) is 11.7 Å². The molecule has 2 aliphatic rings. The van der Waals surface area contributed by atoms with Crippen LogP contribution in [0.2, 0.25) is 0 Å². The minimum atomic E-state index is -0.422. The Bertz CT molecular complexity index is 920. The number of hydrogen-bond donors (Lipinski definition) is 4. The number of nitrogens with zero attached hydrogens (tertiary/aromatic N) is 1. The Balaban J connectivity index is 1.61. The molecule has 0 saturated carbocycles. The molecule has 1 amide bonds. The van der Waals surface area contributed by atoms with Gasteiger partial charge in [-0.3, -0.25) is 4.79 Å². The van der Waals surface area contributed by atoms with E-state index in [1.54, 1.807) is 22.3 Å². The first kappa shape index (κ1) is 20.0. The summed E-state index contributed by atoms with van der Waals surface area (Å²) in [7, 11) is 0. The molecular formula is C22H31N4O2S+. The molecule has 0 aliphatic carbocycles. The lowest BCUT2D eigenvalue weighted by Crippen LogP contribution is -3.14. The minimum absolute atomic E-state index is 0.0403. The van der Waals surface area contributed by atoms with E-state index < -0.39 is 6.17 Å². The third-order valence-corrected chi connectivity index (χ3v) is 7.39. The zero-order valence-electron chi connectivity index (χ0n) is 17.6. The van der Waals surface area contributed by atoms with E-state index in [0.29, 0.717) is 11.6 Å². The van der Waals surface area contributed by atoms with E-state index in [1.165, 1.54) is 10.4 Å². The lowest BCUT2D eigenvalue weighted by atomic mass is 9.99. The van der Waals surface area contributed by atoms with Crippen LogP contribution in [0.25, 0.3) is 0 Å². The number of thiophene rings is 1. The number of phenols is 1. The summed E-state index contributed by atoms with van der Waals surface area (Å²) >= 11 is 1.70. The first-order valence-electron chi connectivity index (χ1n) is 10.6. The quantitative estimate of drug-likeness (QED) is 0.606. The summed E-state index contributed by atoms with van der Waals surface area (Å²) in [6.45, 7) is 12.5. The summed E-state index contributed by atoms with van der Waals surface area (Å²) in [5.41, 5.74) is 3.70. The number of amides is 1. The summed E-state index contributed by atoms with van der Waals surface area (Å²) in [4.78, 5) is 18.0. The predicted molar refractivity (Wildman–Crippen MR) is 118 cm³/mol. The van der Waals surface area contributed by atoms with Gasteiger partial charge >= 0.3 is 0 Å². The first-order valence-corrected chi connectivity index (χ1v) is 11.4. The topological polar surface area (TPSA) is 69.0 Å². The van der Waals surface area contributed by atoms with Gasteiger partial charge in [-0.1, -0.05) is 0 Å². The van der Waals surface area contributed by atoms with Crippen molar-refractivity contribution in [2.75, 3.05) is 29.9 Å². The highest BCUT2D eigenvalue weighted by atomic mass is 32.1. The summed E-state index contributed by atoms with van der Waals surface area (Å²) in [6, 6.07) is 6.28. The second-order valence-electron chi connectivity index (χ2n) is 8.16. The predicted octanol–water partition coefficient (Wildman–Crippen LogP) is 2.50. The molecule has 0 saturated heterocycles. The fourth-order valence-corrected chi connectivity index (χ4v) is 5.75. The summed E-state index contributed by atoms with van der Waals surface area (Å²) in [5.74, 6) is 0.161. The number of phenolic OH excluding ortho intramolecular Hbond substituents is 1. The van der Waals surface area contributed by atoms with Gasteiger partial charge in [-0.15, -0.1) is 11.3 Å². The van der Waals surface area contributed by atoms with Gasteiger partial charge in [-0.2, -0.15) is 0 Å². The van der Waals surface area contributed by atoms with Crippen LogP contribution < -0.4 is 20.4 Å². The molecule has 1 aromatic heterocycles. The van der Waals surface area contributed by atoms with Crippen molar-refractivity contribution >= 4 is 27.9 Å². The molecule has 0 bridgehead atoms. The maximum absolute atomic E-state index is 13.0. The normalized spacial score (nSPS) is 20.7. The molecule has 0 radical (unpaired) electrons. The number of carbonyl (C=O) groups excluding carboxylic acids is 1.